The highest BCUT2D eigenvalue weighted by atomic mass is 16.5. The lowest BCUT2D eigenvalue weighted by molar-refractivity contribution is 0.388. The lowest BCUT2D eigenvalue weighted by Crippen LogP contribution is -2.39. The second kappa shape index (κ2) is 6.18. The number of benzene rings is 1. The average molecular weight is 287 g/mol. The maximum Gasteiger partial charge on any atom is 0.164 e. The van der Waals surface area contributed by atoms with E-state index in [9.17, 15) is 0 Å². The van der Waals surface area contributed by atoms with Crippen molar-refractivity contribution in [2.24, 2.45) is 5.73 Å². The van der Waals surface area contributed by atoms with Crippen molar-refractivity contribution in [2.45, 2.75) is 25.3 Å². The number of ether oxygens (including phenoxy) is 1. The first kappa shape index (κ1) is 13.9. The molecule has 1 aromatic carbocycles. The summed E-state index contributed by atoms with van der Waals surface area (Å²) in [5.74, 6) is 1.76. The van der Waals surface area contributed by atoms with E-state index in [2.05, 4.69) is 16.1 Å². The molecular formula is C16H21N3O2. The number of hydrogen-bond acceptors (Lipinski definition) is 5. The van der Waals surface area contributed by atoms with Gasteiger partial charge in [-0.3, -0.25) is 0 Å². The van der Waals surface area contributed by atoms with Crippen LogP contribution in [0.25, 0.3) is 0 Å². The number of piperidine rings is 1. The molecule has 0 radical (unpaired) electrons. The highest BCUT2D eigenvalue weighted by molar-refractivity contribution is 5.50. The van der Waals surface area contributed by atoms with Crippen molar-refractivity contribution in [1.29, 1.82) is 0 Å². The number of hydrogen-bond donors (Lipinski definition) is 1. The van der Waals surface area contributed by atoms with Crippen LogP contribution in [0.2, 0.25) is 0 Å². The number of nitrogens with zero attached hydrogens (tertiary/aromatic N) is 2. The number of aromatic nitrogens is 1. The molecule has 5 heteroatoms. The molecule has 21 heavy (non-hydrogen) atoms. The van der Waals surface area contributed by atoms with Gasteiger partial charge in [-0.1, -0.05) is 17.3 Å². The molecule has 0 aliphatic carbocycles. The first-order valence-electron chi connectivity index (χ1n) is 7.33. The maximum atomic E-state index is 5.96. The Labute approximate surface area is 124 Å². The van der Waals surface area contributed by atoms with Gasteiger partial charge in [-0.05, 0) is 30.5 Å². The van der Waals surface area contributed by atoms with Crippen molar-refractivity contribution in [1.82, 2.24) is 5.16 Å². The van der Waals surface area contributed by atoms with Crippen LogP contribution in [0.1, 0.15) is 24.2 Å². The Bertz CT molecular complexity index is 589. The molecule has 2 aromatic rings. The smallest absolute Gasteiger partial charge is 0.164 e. The van der Waals surface area contributed by atoms with Gasteiger partial charge < -0.3 is 19.9 Å². The maximum absolute atomic E-state index is 5.96. The fraction of sp³-hybridized carbons (Fsp3) is 0.438. The minimum Gasteiger partial charge on any atom is -0.497 e. The third-order valence-electron chi connectivity index (χ3n) is 4.00. The van der Waals surface area contributed by atoms with E-state index in [-0.39, 0.29) is 0 Å². The van der Waals surface area contributed by atoms with Crippen LogP contribution in [0.3, 0.4) is 0 Å². The van der Waals surface area contributed by atoms with Crippen LogP contribution in [-0.2, 0) is 6.42 Å². The van der Waals surface area contributed by atoms with E-state index in [1.54, 1.807) is 7.11 Å². The first-order valence-corrected chi connectivity index (χ1v) is 7.33. The monoisotopic (exact) mass is 287 g/mol. The van der Waals surface area contributed by atoms with Crippen molar-refractivity contribution in [3.63, 3.8) is 0 Å². The molecule has 0 unspecified atom stereocenters. The Morgan fingerprint density at radius 1 is 1.38 bits per heavy atom. The quantitative estimate of drug-likeness (QED) is 0.934. The van der Waals surface area contributed by atoms with Gasteiger partial charge in [-0.15, -0.1) is 0 Å². The van der Waals surface area contributed by atoms with Gasteiger partial charge in [-0.25, -0.2) is 0 Å². The molecule has 1 fully saturated rings. The summed E-state index contributed by atoms with van der Waals surface area (Å²) in [6.07, 6.45) is 4.56. The highest BCUT2D eigenvalue weighted by Crippen LogP contribution is 2.26. The Kier molecular flexibility index (Phi) is 4.10. The molecule has 3 rings (SSSR count). The van der Waals surface area contributed by atoms with Crippen molar-refractivity contribution < 1.29 is 9.26 Å². The number of nitrogens with two attached hydrogens (primary N) is 1. The van der Waals surface area contributed by atoms with Gasteiger partial charge in [0.15, 0.2) is 5.76 Å². The van der Waals surface area contributed by atoms with Crippen LogP contribution in [0.5, 0.6) is 5.75 Å². The number of rotatable bonds is 4. The van der Waals surface area contributed by atoms with Gasteiger partial charge in [0.1, 0.15) is 11.4 Å². The summed E-state index contributed by atoms with van der Waals surface area (Å²) < 4.78 is 10.7. The van der Waals surface area contributed by atoms with E-state index in [4.69, 9.17) is 15.0 Å². The normalized spacial score (nSPS) is 16.2. The molecule has 2 heterocycles. The Morgan fingerprint density at radius 2 is 2.19 bits per heavy atom. The molecule has 5 nitrogen and oxygen atoms in total. The minimum absolute atomic E-state index is 0.322. The lowest BCUT2D eigenvalue weighted by Gasteiger charge is -2.31. The van der Waals surface area contributed by atoms with Crippen molar-refractivity contribution in [3.8, 4) is 5.75 Å². The van der Waals surface area contributed by atoms with Crippen LogP contribution in [0.15, 0.2) is 35.0 Å². The molecule has 0 bridgehead atoms. The van der Waals surface area contributed by atoms with Gasteiger partial charge in [0.2, 0.25) is 0 Å². The third-order valence-corrected chi connectivity index (χ3v) is 4.00. The van der Waals surface area contributed by atoms with Crippen LogP contribution in [0, 0.1) is 0 Å². The third kappa shape index (κ3) is 3.19. The fourth-order valence-electron chi connectivity index (χ4n) is 2.75. The lowest BCUT2D eigenvalue weighted by atomic mass is 10.0. The molecule has 0 saturated carbocycles. The predicted octanol–water partition coefficient (Wildman–Crippen LogP) is 2.20. The average Bonchev–Trinajstić information content (AvgIpc) is 2.96. The summed E-state index contributed by atoms with van der Waals surface area (Å²) in [7, 11) is 1.68. The molecule has 0 spiro atoms. The van der Waals surface area contributed by atoms with Crippen molar-refractivity contribution in [3.05, 3.63) is 41.8 Å². The number of methoxy groups -OCH3 is 1. The van der Waals surface area contributed by atoms with E-state index in [1.165, 1.54) is 0 Å². The van der Waals surface area contributed by atoms with Crippen molar-refractivity contribution >= 4 is 5.69 Å². The molecule has 2 N–H and O–H groups in total. The zero-order valence-electron chi connectivity index (χ0n) is 12.3. The predicted molar refractivity (Wildman–Crippen MR) is 81.7 cm³/mol. The SMILES string of the molecule is COc1cccc(Cc2oncc2N2CCC(N)CC2)c1. The Hall–Kier alpha value is -2.01. The van der Waals surface area contributed by atoms with Crippen LogP contribution in [0.4, 0.5) is 5.69 Å². The molecular weight excluding hydrogens is 266 g/mol. The first-order chi connectivity index (χ1) is 10.3. The van der Waals surface area contributed by atoms with Crippen LogP contribution in [-0.4, -0.2) is 31.4 Å². The molecule has 1 aliphatic heterocycles. The van der Waals surface area contributed by atoms with Gasteiger partial charge in [-0.2, -0.15) is 0 Å². The summed E-state index contributed by atoms with van der Waals surface area (Å²) in [6.45, 7) is 1.93. The molecule has 112 valence electrons. The summed E-state index contributed by atoms with van der Waals surface area (Å²) in [6, 6.07) is 8.35. The highest BCUT2D eigenvalue weighted by Gasteiger charge is 2.21. The molecule has 0 atom stereocenters. The van der Waals surface area contributed by atoms with Crippen LogP contribution < -0.4 is 15.4 Å². The Morgan fingerprint density at radius 3 is 2.95 bits per heavy atom. The van der Waals surface area contributed by atoms with E-state index in [0.717, 1.165) is 55.1 Å². The van der Waals surface area contributed by atoms with Crippen molar-refractivity contribution in [2.75, 3.05) is 25.1 Å². The van der Waals surface area contributed by atoms with E-state index in [1.807, 2.05) is 24.4 Å². The largest absolute Gasteiger partial charge is 0.497 e. The minimum atomic E-state index is 0.322. The Balaban J connectivity index is 1.76. The van der Waals surface area contributed by atoms with Gasteiger partial charge in [0.05, 0.1) is 13.3 Å². The van der Waals surface area contributed by atoms with Crippen LogP contribution >= 0.6 is 0 Å². The molecule has 1 aliphatic rings. The second-order valence-electron chi connectivity index (χ2n) is 5.49. The van der Waals surface area contributed by atoms with E-state index < -0.39 is 0 Å². The van der Waals surface area contributed by atoms with Gasteiger partial charge in [0.25, 0.3) is 0 Å². The van der Waals surface area contributed by atoms with E-state index in [0.29, 0.717) is 6.04 Å². The number of anilines is 1. The summed E-state index contributed by atoms with van der Waals surface area (Å²) in [4.78, 5) is 2.31. The molecule has 0 amide bonds. The van der Waals surface area contributed by atoms with Gasteiger partial charge in [0, 0.05) is 25.6 Å². The zero-order valence-corrected chi connectivity index (χ0v) is 12.3. The second-order valence-corrected chi connectivity index (χ2v) is 5.49. The standard InChI is InChI=1S/C16H21N3O2/c1-20-14-4-2-3-12(9-14)10-16-15(11-18-21-16)19-7-5-13(17)6-8-19/h2-4,9,11,13H,5-8,10,17H2,1H3. The zero-order chi connectivity index (χ0) is 14.7. The van der Waals surface area contributed by atoms with E-state index >= 15 is 0 Å². The summed E-state index contributed by atoms with van der Waals surface area (Å²) in [5, 5.41) is 3.98. The molecule has 1 aromatic heterocycles. The molecule has 1 saturated heterocycles. The summed E-state index contributed by atoms with van der Waals surface area (Å²) in [5.41, 5.74) is 8.21. The fourth-order valence-corrected chi connectivity index (χ4v) is 2.75. The summed E-state index contributed by atoms with van der Waals surface area (Å²) >= 11 is 0. The van der Waals surface area contributed by atoms with Gasteiger partial charge >= 0.3 is 0 Å². The topological polar surface area (TPSA) is 64.5 Å².